The fourth-order valence-corrected chi connectivity index (χ4v) is 3.80. The van der Waals surface area contributed by atoms with Gasteiger partial charge in [-0.15, -0.1) is 0 Å². The smallest absolute Gasteiger partial charge is 0.244 e. The first-order chi connectivity index (χ1) is 9.09. The van der Waals surface area contributed by atoms with E-state index in [1.807, 2.05) is 0 Å². The lowest BCUT2D eigenvalue weighted by atomic mass is 10.4. The molecule has 0 amide bonds. The van der Waals surface area contributed by atoms with Gasteiger partial charge in [0.2, 0.25) is 10.0 Å². The SMILES string of the molecule is CCN(CC)c1ccc(S(=O)(=O)N2CCCC2)cn1. The summed E-state index contributed by atoms with van der Waals surface area (Å²) in [7, 11) is -3.34. The molecule has 19 heavy (non-hydrogen) atoms. The van der Waals surface area contributed by atoms with Gasteiger partial charge < -0.3 is 4.90 Å². The summed E-state index contributed by atoms with van der Waals surface area (Å²) in [6.07, 6.45) is 3.37. The number of rotatable bonds is 5. The van der Waals surface area contributed by atoms with Crippen LogP contribution in [0.25, 0.3) is 0 Å². The lowest BCUT2D eigenvalue weighted by Gasteiger charge is -2.20. The molecule has 0 bridgehead atoms. The van der Waals surface area contributed by atoms with Crippen molar-refractivity contribution in [3.8, 4) is 0 Å². The van der Waals surface area contributed by atoms with Crippen molar-refractivity contribution >= 4 is 15.8 Å². The van der Waals surface area contributed by atoms with E-state index in [1.165, 1.54) is 6.20 Å². The molecule has 0 radical (unpaired) electrons. The number of hydrogen-bond acceptors (Lipinski definition) is 4. The molecule has 0 aromatic carbocycles. The van der Waals surface area contributed by atoms with Crippen LogP contribution >= 0.6 is 0 Å². The van der Waals surface area contributed by atoms with Crippen LogP contribution in [-0.4, -0.2) is 43.9 Å². The normalized spacial score (nSPS) is 16.7. The van der Waals surface area contributed by atoms with E-state index in [1.54, 1.807) is 16.4 Å². The highest BCUT2D eigenvalue weighted by Crippen LogP contribution is 2.21. The monoisotopic (exact) mass is 283 g/mol. The first kappa shape index (κ1) is 14.3. The maximum Gasteiger partial charge on any atom is 0.244 e. The summed E-state index contributed by atoms with van der Waals surface area (Å²) in [4.78, 5) is 6.66. The summed E-state index contributed by atoms with van der Waals surface area (Å²) in [5, 5.41) is 0. The van der Waals surface area contributed by atoms with Crippen molar-refractivity contribution in [2.75, 3.05) is 31.1 Å². The van der Waals surface area contributed by atoms with Gasteiger partial charge in [0.1, 0.15) is 10.7 Å². The van der Waals surface area contributed by atoms with Crippen molar-refractivity contribution < 1.29 is 8.42 Å². The van der Waals surface area contributed by atoms with Crippen LogP contribution in [0, 0.1) is 0 Å². The molecule has 2 rings (SSSR count). The van der Waals surface area contributed by atoms with Gasteiger partial charge in [-0.05, 0) is 38.8 Å². The number of aromatic nitrogens is 1. The van der Waals surface area contributed by atoms with Crippen LogP contribution in [-0.2, 0) is 10.0 Å². The zero-order valence-electron chi connectivity index (χ0n) is 11.5. The molecule has 0 unspecified atom stereocenters. The molecule has 5 nitrogen and oxygen atoms in total. The van der Waals surface area contributed by atoms with Crippen molar-refractivity contribution in [2.24, 2.45) is 0 Å². The first-order valence-corrected chi connectivity index (χ1v) is 8.24. The van der Waals surface area contributed by atoms with Crippen molar-refractivity contribution in [1.29, 1.82) is 0 Å². The van der Waals surface area contributed by atoms with E-state index >= 15 is 0 Å². The number of anilines is 1. The second-order valence-corrected chi connectivity index (χ2v) is 6.57. The lowest BCUT2D eigenvalue weighted by Crippen LogP contribution is -2.28. The minimum Gasteiger partial charge on any atom is -0.357 e. The van der Waals surface area contributed by atoms with Crippen molar-refractivity contribution in [3.05, 3.63) is 18.3 Å². The zero-order chi connectivity index (χ0) is 13.9. The quantitative estimate of drug-likeness (QED) is 0.825. The van der Waals surface area contributed by atoms with Crippen LogP contribution in [0.15, 0.2) is 23.2 Å². The highest BCUT2D eigenvalue weighted by molar-refractivity contribution is 7.89. The molecule has 1 aromatic rings. The van der Waals surface area contributed by atoms with Gasteiger partial charge in [-0.1, -0.05) is 0 Å². The highest BCUT2D eigenvalue weighted by Gasteiger charge is 2.27. The van der Waals surface area contributed by atoms with E-state index < -0.39 is 10.0 Å². The van der Waals surface area contributed by atoms with Crippen LogP contribution in [0.4, 0.5) is 5.82 Å². The highest BCUT2D eigenvalue weighted by atomic mass is 32.2. The maximum atomic E-state index is 12.3. The molecule has 0 N–H and O–H groups in total. The fraction of sp³-hybridized carbons (Fsp3) is 0.615. The number of hydrogen-bond donors (Lipinski definition) is 0. The second kappa shape index (κ2) is 5.88. The molecule has 106 valence electrons. The fourth-order valence-electron chi connectivity index (χ4n) is 2.34. The van der Waals surface area contributed by atoms with Gasteiger partial charge in [-0.25, -0.2) is 13.4 Å². The zero-order valence-corrected chi connectivity index (χ0v) is 12.4. The van der Waals surface area contributed by atoms with Crippen LogP contribution in [0.3, 0.4) is 0 Å². The molecule has 1 aliphatic heterocycles. The predicted octanol–water partition coefficient (Wildman–Crippen LogP) is 1.71. The van der Waals surface area contributed by atoms with E-state index in [9.17, 15) is 8.42 Å². The number of sulfonamides is 1. The maximum absolute atomic E-state index is 12.3. The van der Waals surface area contributed by atoms with Gasteiger partial charge >= 0.3 is 0 Å². The standard InChI is InChI=1S/C13H21N3O2S/c1-3-15(4-2)13-8-7-12(11-14-13)19(17,18)16-9-5-6-10-16/h7-8,11H,3-6,9-10H2,1-2H3. The molecular formula is C13H21N3O2S. The van der Waals surface area contributed by atoms with E-state index in [2.05, 4.69) is 23.7 Å². The third-order valence-corrected chi connectivity index (χ3v) is 5.39. The molecule has 1 fully saturated rings. The van der Waals surface area contributed by atoms with E-state index in [4.69, 9.17) is 0 Å². The van der Waals surface area contributed by atoms with Crippen molar-refractivity contribution in [2.45, 2.75) is 31.6 Å². The predicted molar refractivity (Wildman–Crippen MR) is 75.8 cm³/mol. The topological polar surface area (TPSA) is 53.5 Å². The second-order valence-electron chi connectivity index (χ2n) is 4.64. The largest absolute Gasteiger partial charge is 0.357 e. The molecule has 1 aromatic heterocycles. The molecule has 1 saturated heterocycles. The summed E-state index contributed by atoms with van der Waals surface area (Å²) >= 11 is 0. The Labute approximate surface area is 115 Å². The van der Waals surface area contributed by atoms with E-state index in [0.29, 0.717) is 18.0 Å². The van der Waals surface area contributed by atoms with Crippen molar-refractivity contribution in [1.82, 2.24) is 9.29 Å². The van der Waals surface area contributed by atoms with E-state index in [-0.39, 0.29) is 0 Å². The minimum atomic E-state index is -3.34. The van der Waals surface area contributed by atoms with Gasteiger partial charge in [0.05, 0.1) is 0 Å². The first-order valence-electron chi connectivity index (χ1n) is 6.80. The Morgan fingerprint density at radius 3 is 2.32 bits per heavy atom. The number of nitrogens with zero attached hydrogens (tertiary/aromatic N) is 3. The van der Waals surface area contributed by atoms with E-state index in [0.717, 1.165) is 31.7 Å². The summed E-state index contributed by atoms with van der Waals surface area (Å²) < 4.78 is 26.2. The van der Waals surface area contributed by atoms with Crippen molar-refractivity contribution in [3.63, 3.8) is 0 Å². The molecular weight excluding hydrogens is 262 g/mol. The molecule has 2 heterocycles. The Hall–Kier alpha value is -1.14. The van der Waals surface area contributed by atoms with Gasteiger partial charge in [0.15, 0.2) is 0 Å². The summed E-state index contributed by atoms with van der Waals surface area (Å²) in [5.74, 6) is 0.824. The van der Waals surface area contributed by atoms with Crippen LogP contribution < -0.4 is 4.90 Å². The van der Waals surface area contributed by atoms with Gasteiger partial charge in [0.25, 0.3) is 0 Å². The number of pyridine rings is 1. The lowest BCUT2D eigenvalue weighted by molar-refractivity contribution is 0.477. The molecule has 0 atom stereocenters. The summed E-state index contributed by atoms with van der Waals surface area (Å²) in [6.45, 7) is 7.09. The van der Waals surface area contributed by atoms with Gasteiger partial charge in [-0.3, -0.25) is 0 Å². The third kappa shape index (κ3) is 2.90. The summed E-state index contributed by atoms with van der Waals surface area (Å²) in [6, 6.07) is 3.45. The Balaban J connectivity index is 2.22. The molecule has 6 heteroatoms. The molecule has 0 aliphatic carbocycles. The Morgan fingerprint density at radius 1 is 1.21 bits per heavy atom. The Morgan fingerprint density at radius 2 is 1.84 bits per heavy atom. The van der Waals surface area contributed by atoms with Crippen LogP contribution in [0.5, 0.6) is 0 Å². The van der Waals surface area contributed by atoms with Gasteiger partial charge in [0, 0.05) is 32.4 Å². The minimum absolute atomic E-state index is 0.297. The van der Waals surface area contributed by atoms with Crippen LogP contribution in [0.2, 0.25) is 0 Å². The van der Waals surface area contributed by atoms with Gasteiger partial charge in [-0.2, -0.15) is 4.31 Å². The Bertz CT molecular complexity index is 503. The third-order valence-electron chi connectivity index (χ3n) is 3.51. The average molecular weight is 283 g/mol. The van der Waals surface area contributed by atoms with Crippen LogP contribution in [0.1, 0.15) is 26.7 Å². The Kier molecular flexibility index (Phi) is 4.42. The average Bonchev–Trinajstić information content (AvgIpc) is 2.95. The molecule has 0 spiro atoms. The molecule has 1 aliphatic rings. The summed E-state index contributed by atoms with van der Waals surface area (Å²) in [5.41, 5.74) is 0. The molecule has 0 saturated carbocycles.